The number of unbranched alkanes of at least 4 members (excludes halogenated alkanes) is 2. The Morgan fingerprint density at radius 3 is 1.76 bits per heavy atom. The molecule has 1 aliphatic carbocycles. The van der Waals surface area contributed by atoms with Crippen molar-refractivity contribution in [2.45, 2.75) is 77.7 Å². The van der Waals surface area contributed by atoms with Gasteiger partial charge in [-0.2, -0.15) is 0 Å². The summed E-state index contributed by atoms with van der Waals surface area (Å²) in [6.07, 6.45) is 12.2. The lowest BCUT2D eigenvalue weighted by Gasteiger charge is -2.19. The van der Waals surface area contributed by atoms with Crippen molar-refractivity contribution in [2.24, 2.45) is 0 Å². The van der Waals surface area contributed by atoms with Crippen LogP contribution in [0.2, 0.25) is 0 Å². The van der Waals surface area contributed by atoms with E-state index in [1.165, 1.54) is 57.8 Å². The van der Waals surface area contributed by atoms with E-state index in [2.05, 4.69) is 13.8 Å². The van der Waals surface area contributed by atoms with E-state index in [9.17, 15) is 0 Å². The Bertz CT molecular complexity index is 125. The number of ether oxygens (including phenoxy) is 2. The summed E-state index contributed by atoms with van der Waals surface area (Å²) in [6, 6.07) is 0. The SMILES string of the molecule is CCCCOCCCC.COC1CCCCC1. The van der Waals surface area contributed by atoms with Crippen molar-refractivity contribution in [3.05, 3.63) is 0 Å². The topological polar surface area (TPSA) is 18.5 Å². The quantitative estimate of drug-likeness (QED) is 0.611. The third kappa shape index (κ3) is 12.2. The van der Waals surface area contributed by atoms with Crippen LogP contribution in [-0.4, -0.2) is 26.4 Å². The lowest BCUT2D eigenvalue weighted by Crippen LogP contribution is -2.13. The minimum atomic E-state index is 0.587. The maximum absolute atomic E-state index is 5.31. The minimum absolute atomic E-state index is 0.587. The molecule has 0 atom stereocenters. The van der Waals surface area contributed by atoms with Gasteiger partial charge in [-0.1, -0.05) is 46.0 Å². The molecule has 0 radical (unpaired) electrons. The van der Waals surface area contributed by atoms with E-state index in [1.807, 2.05) is 7.11 Å². The molecule has 2 nitrogen and oxygen atoms in total. The lowest BCUT2D eigenvalue weighted by molar-refractivity contribution is 0.0710. The first-order valence-corrected chi connectivity index (χ1v) is 7.45. The molecule has 0 unspecified atom stereocenters. The monoisotopic (exact) mass is 244 g/mol. The van der Waals surface area contributed by atoms with Crippen molar-refractivity contribution in [1.29, 1.82) is 0 Å². The fraction of sp³-hybridized carbons (Fsp3) is 1.00. The molecule has 2 heteroatoms. The van der Waals surface area contributed by atoms with Crippen LogP contribution in [0.25, 0.3) is 0 Å². The van der Waals surface area contributed by atoms with Gasteiger partial charge in [-0.05, 0) is 25.7 Å². The van der Waals surface area contributed by atoms with Gasteiger partial charge in [0.15, 0.2) is 0 Å². The van der Waals surface area contributed by atoms with Crippen molar-refractivity contribution in [2.75, 3.05) is 20.3 Å². The van der Waals surface area contributed by atoms with Crippen LogP contribution in [0, 0.1) is 0 Å². The zero-order valence-corrected chi connectivity index (χ0v) is 12.2. The number of hydrogen-bond acceptors (Lipinski definition) is 2. The molecule has 0 aromatic rings. The second kappa shape index (κ2) is 14.0. The Morgan fingerprint density at radius 1 is 0.882 bits per heavy atom. The molecule has 0 aliphatic heterocycles. The van der Waals surface area contributed by atoms with Crippen LogP contribution in [0.4, 0.5) is 0 Å². The molecule has 17 heavy (non-hydrogen) atoms. The maximum atomic E-state index is 5.31. The van der Waals surface area contributed by atoms with E-state index in [4.69, 9.17) is 9.47 Å². The molecule has 0 saturated heterocycles. The molecule has 1 rings (SSSR count). The summed E-state index contributed by atoms with van der Waals surface area (Å²) >= 11 is 0. The number of hydrogen-bond donors (Lipinski definition) is 0. The van der Waals surface area contributed by atoms with Gasteiger partial charge in [0.2, 0.25) is 0 Å². The molecule has 0 N–H and O–H groups in total. The normalized spacial score (nSPS) is 16.4. The minimum Gasteiger partial charge on any atom is -0.381 e. The van der Waals surface area contributed by atoms with E-state index >= 15 is 0 Å². The van der Waals surface area contributed by atoms with E-state index in [0.717, 1.165) is 13.2 Å². The summed E-state index contributed by atoms with van der Waals surface area (Å²) in [4.78, 5) is 0. The highest BCUT2D eigenvalue weighted by atomic mass is 16.5. The van der Waals surface area contributed by atoms with Crippen LogP contribution in [0.15, 0.2) is 0 Å². The number of methoxy groups -OCH3 is 1. The molecule has 104 valence electrons. The molecular formula is C15H32O2. The van der Waals surface area contributed by atoms with Crippen molar-refractivity contribution >= 4 is 0 Å². The average molecular weight is 244 g/mol. The van der Waals surface area contributed by atoms with Crippen LogP contribution in [0.5, 0.6) is 0 Å². The van der Waals surface area contributed by atoms with Gasteiger partial charge in [-0.3, -0.25) is 0 Å². The Kier molecular flexibility index (Phi) is 13.9. The van der Waals surface area contributed by atoms with Gasteiger partial charge in [0, 0.05) is 20.3 Å². The standard InChI is InChI=1S/C8H18O.C7H14O/c1-3-5-7-9-8-6-4-2;1-8-7-5-3-2-4-6-7/h3-8H2,1-2H3;7H,2-6H2,1H3. The second-order valence-electron chi connectivity index (χ2n) is 4.82. The van der Waals surface area contributed by atoms with Crippen LogP contribution in [0.3, 0.4) is 0 Å². The van der Waals surface area contributed by atoms with Gasteiger partial charge in [0.1, 0.15) is 0 Å². The molecule has 0 heterocycles. The van der Waals surface area contributed by atoms with Crippen LogP contribution < -0.4 is 0 Å². The van der Waals surface area contributed by atoms with Crippen molar-refractivity contribution in [3.8, 4) is 0 Å². The van der Waals surface area contributed by atoms with Crippen molar-refractivity contribution in [3.63, 3.8) is 0 Å². The van der Waals surface area contributed by atoms with Crippen LogP contribution in [0.1, 0.15) is 71.6 Å². The average Bonchev–Trinajstić information content (AvgIpc) is 2.40. The lowest BCUT2D eigenvalue weighted by atomic mass is 9.98. The van der Waals surface area contributed by atoms with Gasteiger partial charge in [-0.15, -0.1) is 0 Å². The van der Waals surface area contributed by atoms with Crippen LogP contribution >= 0.6 is 0 Å². The highest BCUT2D eigenvalue weighted by molar-refractivity contribution is 4.63. The van der Waals surface area contributed by atoms with Crippen LogP contribution in [-0.2, 0) is 9.47 Å². The zero-order chi connectivity index (χ0) is 12.8. The largest absolute Gasteiger partial charge is 0.381 e. The fourth-order valence-corrected chi connectivity index (χ4v) is 1.90. The van der Waals surface area contributed by atoms with Gasteiger partial charge in [-0.25, -0.2) is 0 Å². The molecule has 0 bridgehead atoms. The molecular weight excluding hydrogens is 212 g/mol. The van der Waals surface area contributed by atoms with E-state index in [0.29, 0.717) is 6.10 Å². The summed E-state index contributed by atoms with van der Waals surface area (Å²) in [5, 5.41) is 0. The second-order valence-corrected chi connectivity index (χ2v) is 4.82. The van der Waals surface area contributed by atoms with Gasteiger partial charge in [0.25, 0.3) is 0 Å². The predicted molar refractivity (Wildman–Crippen MR) is 74.5 cm³/mol. The Balaban J connectivity index is 0.000000302. The summed E-state index contributed by atoms with van der Waals surface area (Å²) in [7, 11) is 1.82. The first-order chi connectivity index (χ1) is 8.35. The highest BCUT2D eigenvalue weighted by Crippen LogP contribution is 2.18. The summed E-state index contributed by atoms with van der Waals surface area (Å²) < 4.78 is 10.5. The first-order valence-electron chi connectivity index (χ1n) is 7.45. The van der Waals surface area contributed by atoms with Gasteiger partial charge < -0.3 is 9.47 Å². The summed E-state index contributed by atoms with van der Waals surface area (Å²) in [5.41, 5.74) is 0. The van der Waals surface area contributed by atoms with E-state index in [1.54, 1.807) is 0 Å². The summed E-state index contributed by atoms with van der Waals surface area (Å²) in [5.74, 6) is 0. The third-order valence-electron chi connectivity index (χ3n) is 3.17. The molecule has 1 saturated carbocycles. The fourth-order valence-electron chi connectivity index (χ4n) is 1.90. The smallest absolute Gasteiger partial charge is 0.0571 e. The van der Waals surface area contributed by atoms with E-state index in [-0.39, 0.29) is 0 Å². The predicted octanol–water partition coefficient (Wildman–Crippen LogP) is 4.57. The number of rotatable bonds is 7. The molecule has 0 aromatic heterocycles. The van der Waals surface area contributed by atoms with E-state index < -0.39 is 0 Å². The molecule has 1 aliphatic rings. The zero-order valence-electron chi connectivity index (χ0n) is 12.2. The first kappa shape index (κ1) is 16.9. The van der Waals surface area contributed by atoms with Crippen molar-refractivity contribution in [1.82, 2.24) is 0 Å². The Morgan fingerprint density at radius 2 is 1.41 bits per heavy atom. The highest BCUT2D eigenvalue weighted by Gasteiger charge is 2.10. The van der Waals surface area contributed by atoms with Crippen molar-refractivity contribution < 1.29 is 9.47 Å². The maximum Gasteiger partial charge on any atom is 0.0571 e. The molecule has 0 aromatic carbocycles. The third-order valence-corrected chi connectivity index (χ3v) is 3.17. The Labute approximate surface area is 108 Å². The summed E-state index contributed by atoms with van der Waals surface area (Å²) in [6.45, 7) is 6.28. The molecule has 0 spiro atoms. The van der Waals surface area contributed by atoms with Gasteiger partial charge in [0.05, 0.1) is 6.10 Å². The molecule has 0 amide bonds. The van der Waals surface area contributed by atoms with Gasteiger partial charge >= 0.3 is 0 Å². The Hall–Kier alpha value is -0.0800. The molecule has 1 fully saturated rings.